The van der Waals surface area contributed by atoms with Gasteiger partial charge < -0.3 is 0 Å². The lowest BCUT2D eigenvalue weighted by molar-refractivity contribution is 0.574. The first-order valence-corrected chi connectivity index (χ1v) is 9.00. The van der Waals surface area contributed by atoms with Crippen molar-refractivity contribution in [3.05, 3.63) is 29.1 Å². The zero-order chi connectivity index (χ0) is 15.6. The summed E-state index contributed by atoms with van der Waals surface area (Å²) in [4.78, 5) is 0.00880. The maximum Gasteiger partial charge on any atom is 0.241 e. The molecule has 0 aliphatic rings. The van der Waals surface area contributed by atoms with Crippen LogP contribution in [-0.2, 0) is 20.0 Å². The lowest BCUT2D eigenvalue weighted by Gasteiger charge is -2.12. The van der Waals surface area contributed by atoms with Crippen molar-refractivity contribution in [3.8, 4) is 0 Å². The molecule has 1 aromatic rings. The summed E-state index contributed by atoms with van der Waals surface area (Å²) in [7, 11) is -7.42. The molecule has 0 aliphatic carbocycles. The van der Waals surface area contributed by atoms with Crippen molar-refractivity contribution in [3.63, 3.8) is 0 Å². The molecule has 0 atom stereocenters. The fourth-order valence-corrected chi connectivity index (χ4v) is 3.94. The summed E-state index contributed by atoms with van der Waals surface area (Å²) in [5.74, 6) is -0.815. The van der Waals surface area contributed by atoms with Crippen molar-refractivity contribution < 1.29 is 21.2 Å². The molecule has 20 heavy (non-hydrogen) atoms. The Morgan fingerprint density at radius 3 is 2.10 bits per heavy atom. The highest BCUT2D eigenvalue weighted by Gasteiger charge is 2.20. The molecule has 9 heteroatoms. The molecule has 0 radical (unpaired) electrons. The van der Waals surface area contributed by atoms with E-state index in [1.165, 1.54) is 13.8 Å². The van der Waals surface area contributed by atoms with E-state index >= 15 is 0 Å². The minimum absolute atomic E-state index is 0.00880. The summed E-state index contributed by atoms with van der Waals surface area (Å²) in [6.45, 7) is 2.93. The van der Waals surface area contributed by atoms with E-state index in [0.29, 0.717) is 11.1 Å². The Morgan fingerprint density at radius 1 is 1.15 bits per heavy atom. The third kappa shape index (κ3) is 4.82. The molecule has 0 saturated carbocycles. The summed E-state index contributed by atoms with van der Waals surface area (Å²) in [5.41, 5.74) is 0.586. The first kappa shape index (κ1) is 17.0. The number of primary sulfonamides is 1. The van der Waals surface area contributed by atoms with Gasteiger partial charge in [-0.3, -0.25) is 0 Å². The number of nitrogens with two attached hydrogens (primary N) is 1. The van der Waals surface area contributed by atoms with Crippen LogP contribution in [-0.4, -0.2) is 29.1 Å². The van der Waals surface area contributed by atoms with Gasteiger partial charge in [-0.1, -0.05) is 0 Å². The van der Waals surface area contributed by atoms with Gasteiger partial charge in [0.05, 0.1) is 10.6 Å². The monoisotopic (exact) mass is 324 g/mol. The average Bonchev–Trinajstić information content (AvgIpc) is 2.21. The molecule has 0 aliphatic heterocycles. The van der Waals surface area contributed by atoms with Crippen molar-refractivity contribution in [2.75, 3.05) is 12.3 Å². The smallest absolute Gasteiger partial charge is 0.229 e. The molecule has 0 spiro atoms. The summed E-state index contributed by atoms with van der Waals surface area (Å²) in [6, 6.07) is 2.26. The molecule has 1 aromatic carbocycles. The summed E-state index contributed by atoms with van der Waals surface area (Å²) in [5, 5.41) is 4.81. The van der Waals surface area contributed by atoms with Crippen LogP contribution in [0.15, 0.2) is 17.0 Å². The highest BCUT2D eigenvalue weighted by Crippen LogP contribution is 2.21. The van der Waals surface area contributed by atoms with Gasteiger partial charge in [-0.15, -0.1) is 0 Å². The van der Waals surface area contributed by atoms with E-state index in [1.807, 2.05) is 0 Å². The highest BCUT2D eigenvalue weighted by molar-refractivity contribution is 7.89. The second kappa shape index (κ2) is 6.17. The van der Waals surface area contributed by atoms with Gasteiger partial charge in [0.25, 0.3) is 0 Å². The standard InChI is InChI=1S/C11H17FN2O4S2/c1-8-6-10(12)7-9(2)11(8)20(17,18)14-4-3-5-19(13,15)16/h6-7,14H,3-5H2,1-2H3,(H2,13,15,16). The molecule has 3 N–H and O–H groups in total. The van der Waals surface area contributed by atoms with Crippen LogP contribution in [0.3, 0.4) is 0 Å². The minimum atomic E-state index is -3.81. The van der Waals surface area contributed by atoms with Gasteiger partial charge >= 0.3 is 0 Å². The number of halogens is 1. The number of hydrogen-bond donors (Lipinski definition) is 2. The molecule has 6 nitrogen and oxygen atoms in total. The number of sulfonamides is 2. The second-order valence-corrected chi connectivity index (χ2v) is 7.92. The molecular weight excluding hydrogens is 307 g/mol. The normalized spacial score (nSPS) is 12.6. The maximum atomic E-state index is 13.1. The molecule has 0 fully saturated rings. The Hall–Kier alpha value is -1.03. The van der Waals surface area contributed by atoms with E-state index < -0.39 is 25.9 Å². The average molecular weight is 324 g/mol. The highest BCUT2D eigenvalue weighted by atomic mass is 32.2. The van der Waals surface area contributed by atoms with Crippen molar-refractivity contribution in [1.82, 2.24) is 4.72 Å². The van der Waals surface area contributed by atoms with E-state index in [4.69, 9.17) is 5.14 Å². The Morgan fingerprint density at radius 2 is 1.65 bits per heavy atom. The van der Waals surface area contributed by atoms with Crippen molar-refractivity contribution >= 4 is 20.0 Å². The Balaban J connectivity index is 2.85. The first-order chi connectivity index (χ1) is 9.03. The van der Waals surface area contributed by atoms with Crippen LogP contribution < -0.4 is 9.86 Å². The number of nitrogens with one attached hydrogen (secondary N) is 1. The molecule has 114 valence electrons. The number of hydrogen-bond acceptors (Lipinski definition) is 4. The van der Waals surface area contributed by atoms with Gasteiger partial charge in [-0.05, 0) is 43.5 Å². The lowest BCUT2D eigenvalue weighted by Crippen LogP contribution is -2.28. The predicted molar refractivity (Wildman–Crippen MR) is 73.7 cm³/mol. The molecular formula is C11H17FN2O4S2. The molecule has 0 aromatic heterocycles. The predicted octanol–water partition coefficient (Wildman–Crippen LogP) is 0.399. The SMILES string of the molecule is Cc1cc(F)cc(C)c1S(=O)(=O)NCCCS(N)(=O)=O. The van der Waals surface area contributed by atoms with Crippen molar-refractivity contribution in [1.29, 1.82) is 0 Å². The van der Waals surface area contributed by atoms with Crippen molar-refractivity contribution in [2.24, 2.45) is 5.14 Å². The van der Waals surface area contributed by atoms with E-state index in [-0.39, 0.29) is 23.6 Å². The molecule has 0 unspecified atom stereocenters. The fraction of sp³-hybridized carbons (Fsp3) is 0.455. The lowest BCUT2D eigenvalue weighted by atomic mass is 10.1. The van der Waals surface area contributed by atoms with Crippen LogP contribution in [0.1, 0.15) is 17.5 Å². The van der Waals surface area contributed by atoms with Gasteiger partial charge in [-0.2, -0.15) is 0 Å². The second-order valence-electron chi connectivity index (χ2n) is 4.49. The number of aryl methyl sites for hydroxylation is 2. The van der Waals surface area contributed by atoms with Crippen LogP contribution in [0.25, 0.3) is 0 Å². The van der Waals surface area contributed by atoms with E-state index in [1.54, 1.807) is 0 Å². The fourth-order valence-electron chi connectivity index (χ4n) is 1.87. The van der Waals surface area contributed by atoms with Gasteiger partial charge in [0, 0.05) is 6.54 Å². The number of rotatable bonds is 6. The van der Waals surface area contributed by atoms with Crippen LogP contribution in [0.5, 0.6) is 0 Å². The first-order valence-electron chi connectivity index (χ1n) is 5.80. The third-order valence-electron chi connectivity index (χ3n) is 2.59. The van der Waals surface area contributed by atoms with Gasteiger partial charge in [0.1, 0.15) is 5.82 Å². The zero-order valence-corrected chi connectivity index (χ0v) is 12.8. The molecule has 0 amide bonds. The molecule has 1 rings (SSSR count). The molecule has 0 saturated heterocycles. The van der Waals surface area contributed by atoms with E-state index in [0.717, 1.165) is 12.1 Å². The largest absolute Gasteiger partial charge is 0.241 e. The van der Waals surface area contributed by atoms with Crippen LogP contribution in [0.2, 0.25) is 0 Å². The third-order valence-corrected chi connectivity index (χ3v) is 5.21. The van der Waals surface area contributed by atoms with Crippen LogP contribution in [0, 0.1) is 19.7 Å². The van der Waals surface area contributed by atoms with Gasteiger partial charge in [-0.25, -0.2) is 31.1 Å². The van der Waals surface area contributed by atoms with Crippen molar-refractivity contribution in [2.45, 2.75) is 25.2 Å². The van der Waals surface area contributed by atoms with E-state index in [2.05, 4.69) is 4.72 Å². The molecule has 0 bridgehead atoms. The Bertz CT molecular complexity index is 676. The summed E-state index contributed by atoms with van der Waals surface area (Å²) < 4.78 is 61.1. The van der Waals surface area contributed by atoms with E-state index in [9.17, 15) is 21.2 Å². The topological polar surface area (TPSA) is 106 Å². The van der Waals surface area contributed by atoms with Crippen LogP contribution >= 0.6 is 0 Å². The maximum absolute atomic E-state index is 13.1. The minimum Gasteiger partial charge on any atom is -0.229 e. The zero-order valence-electron chi connectivity index (χ0n) is 11.2. The van der Waals surface area contributed by atoms with Crippen LogP contribution in [0.4, 0.5) is 4.39 Å². The number of benzene rings is 1. The molecule has 0 heterocycles. The van der Waals surface area contributed by atoms with Gasteiger partial charge in [0.15, 0.2) is 0 Å². The summed E-state index contributed by atoms with van der Waals surface area (Å²) >= 11 is 0. The Kier molecular flexibility index (Phi) is 5.25. The Labute approximate surface area is 118 Å². The summed E-state index contributed by atoms with van der Waals surface area (Å²) in [6.07, 6.45) is 0.0668. The van der Waals surface area contributed by atoms with Gasteiger partial charge in [0.2, 0.25) is 20.0 Å². The quantitative estimate of drug-likeness (QED) is 0.739.